The number of nitrogens with zero attached hydrogens (tertiary/aromatic N) is 3. The Bertz CT molecular complexity index is 1240. The molecular formula is C25H26FN3O9. The normalized spacial score (nSPS) is 17.1. The second-order valence-electron chi connectivity index (χ2n) is 9.09. The lowest BCUT2D eigenvalue weighted by atomic mass is 9.91. The van der Waals surface area contributed by atoms with Crippen LogP contribution >= 0.6 is 0 Å². The molecule has 0 bridgehead atoms. The Balaban J connectivity index is 1.58. The predicted molar refractivity (Wildman–Crippen MR) is 129 cm³/mol. The van der Waals surface area contributed by atoms with E-state index in [1.807, 2.05) is 4.90 Å². The highest BCUT2D eigenvalue weighted by molar-refractivity contribution is 6.03. The number of ether oxygens (including phenoxy) is 3. The van der Waals surface area contributed by atoms with E-state index in [9.17, 15) is 34.2 Å². The number of carbonyl (C=O) groups is 2. The summed E-state index contributed by atoms with van der Waals surface area (Å²) in [6, 6.07) is 6.48. The van der Waals surface area contributed by atoms with Crippen molar-refractivity contribution in [1.82, 2.24) is 4.90 Å². The predicted octanol–water partition coefficient (Wildman–Crippen LogP) is 3.76. The van der Waals surface area contributed by atoms with Crippen LogP contribution in [-0.4, -0.2) is 66.1 Å². The summed E-state index contributed by atoms with van der Waals surface area (Å²) >= 11 is 0. The quantitative estimate of drug-likeness (QED) is 0.266. The molecule has 1 saturated heterocycles. The zero-order valence-electron chi connectivity index (χ0n) is 20.4. The highest BCUT2D eigenvalue weighted by Gasteiger charge is 2.41. The van der Waals surface area contributed by atoms with Gasteiger partial charge in [0, 0.05) is 43.4 Å². The smallest absolute Gasteiger partial charge is 0.339 e. The Kier molecular flexibility index (Phi) is 8.27. The van der Waals surface area contributed by atoms with Crippen molar-refractivity contribution in [2.24, 2.45) is 0 Å². The van der Waals surface area contributed by atoms with E-state index in [-0.39, 0.29) is 23.3 Å². The second kappa shape index (κ2) is 11.6. The Morgan fingerprint density at radius 3 is 2.34 bits per heavy atom. The van der Waals surface area contributed by atoms with Crippen LogP contribution in [0.1, 0.15) is 52.0 Å². The van der Waals surface area contributed by atoms with Crippen molar-refractivity contribution >= 4 is 23.3 Å². The maximum atomic E-state index is 14.0. The number of hydrogen-bond acceptors (Lipinski definition) is 10. The molecule has 2 aromatic rings. The third-order valence-corrected chi connectivity index (χ3v) is 6.77. The molecular weight excluding hydrogens is 505 g/mol. The molecule has 0 aromatic heterocycles. The summed E-state index contributed by atoms with van der Waals surface area (Å²) < 4.78 is 30.4. The van der Waals surface area contributed by atoms with Crippen molar-refractivity contribution in [3.05, 3.63) is 79.1 Å². The first-order valence-electron chi connectivity index (χ1n) is 12.1. The van der Waals surface area contributed by atoms with E-state index in [0.29, 0.717) is 58.5 Å². The van der Waals surface area contributed by atoms with Gasteiger partial charge in [0.1, 0.15) is 12.2 Å². The highest BCUT2D eigenvalue weighted by Crippen LogP contribution is 2.44. The molecule has 0 unspecified atom stereocenters. The van der Waals surface area contributed by atoms with Crippen LogP contribution in [-0.2, 0) is 19.8 Å². The van der Waals surface area contributed by atoms with Gasteiger partial charge in [-0.2, -0.15) is 4.39 Å². The van der Waals surface area contributed by atoms with Crippen LogP contribution in [0.2, 0.25) is 0 Å². The van der Waals surface area contributed by atoms with E-state index in [4.69, 9.17) is 14.2 Å². The minimum atomic E-state index is -1.28. The molecule has 1 saturated carbocycles. The molecule has 2 aromatic carbocycles. The summed E-state index contributed by atoms with van der Waals surface area (Å²) in [4.78, 5) is 49.4. The number of morpholine rings is 1. The van der Waals surface area contributed by atoms with Gasteiger partial charge in [-0.3, -0.25) is 25.1 Å². The van der Waals surface area contributed by atoms with Gasteiger partial charge in [-0.25, -0.2) is 9.59 Å². The van der Waals surface area contributed by atoms with Gasteiger partial charge in [0.05, 0.1) is 34.2 Å². The molecule has 0 N–H and O–H groups in total. The molecule has 38 heavy (non-hydrogen) atoms. The van der Waals surface area contributed by atoms with Crippen LogP contribution in [0.25, 0.3) is 0 Å². The summed E-state index contributed by atoms with van der Waals surface area (Å²) in [6.45, 7) is 2.90. The zero-order valence-corrected chi connectivity index (χ0v) is 20.4. The molecule has 202 valence electrons. The zero-order chi connectivity index (χ0) is 27.3. The van der Waals surface area contributed by atoms with Crippen LogP contribution in [0.5, 0.6) is 0 Å². The molecule has 2 aliphatic rings. The number of non-ortho nitro benzene ring substituents is 1. The van der Waals surface area contributed by atoms with Gasteiger partial charge in [-0.1, -0.05) is 6.07 Å². The third-order valence-electron chi connectivity index (χ3n) is 6.77. The van der Waals surface area contributed by atoms with E-state index in [2.05, 4.69) is 0 Å². The fourth-order valence-electron chi connectivity index (χ4n) is 4.73. The number of rotatable bonds is 9. The molecule has 1 aliphatic carbocycles. The number of halogens is 1. The fourth-order valence-corrected chi connectivity index (χ4v) is 4.73. The van der Waals surface area contributed by atoms with Gasteiger partial charge in [0.15, 0.2) is 0 Å². The van der Waals surface area contributed by atoms with Gasteiger partial charge >= 0.3 is 17.6 Å². The number of benzene rings is 2. The van der Waals surface area contributed by atoms with Gasteiger partial charge in [0.2, 0.25) is 5.82 Å². The first-order valence-corrected chi connectivity index (χ1v) is 12.1. The summed E-state index contributed by atoms with van der Waals surface area (Å²) in [6.07, 6.45) is 1.95. The summed E-state index contributed by atoms with van der Waals surface area (Å²) in [5.41, 5.74) is -2.75. The minimum absolute atomic E-state index is 0.000796. The van der Waals surface area contributed by atoms with E-state index in [0.717, 1.165) is 30.3 Å². The van der Waals surface area contributed by atoms with Crippen molar-refractivity contribution in [2.45, 2.75) is 31.3 Å². The molecule has 0 spiro atoms. The number of esters is 2. The van der Waals surface area contributed by atoms with Crippen molar-refractivity contribution in [3.63, 3.8) is 0 Å². The average molecular weight is 531 g/mol. The molecule has 13 heteroatoms. The standard InChI is InChI=1S/C25H26FN3O9/c26-21-6-3-17(15-22(21)29(34)35)25(7-1-2-8-25)38-24(31)19-5-4-18(28(32)33)16-20(19)23(30)37-14-11-27-9-12-36-13-10-27/h3-6,15-16H,1-2,7-14H2. The molecule has 12 nitrogen and oxygen atoms in total. The molecule has 2 fully saturated rings. The van der Waals surface area contributed by atoms with E-state index in [1.54, 1.807) is 0 Å². The van der Waals surface area contributed by atoms with Crippen LogP contribution in [0.3, 0.4) is 0 Å². The number of hydrogen-bond donors (Lipinski definition) is 0. The maximum absolute atomic E-state index is 14.0. The van der Waals surface area contributed by atoms with Crippen LogP contribution in [0, 0.1) is 26.0 Å². The Hall–Kier alpha value is -3.97. The Labute approximate surface area is 216 Å². The lowest BCUT2D eigenvalue weighted by Crippen LogP contribution is -2.38. The number of nitro benzene ring substituents is 2. The highest BCUT2D eigenvalue weighted by atomic mass is 19.1. The second-order valence-corrected chi connectivity index (χ2v) is 9.09. The number of carbonyl (C=O) groups excluding carboxylic acids is 2. The lowest BCUT2D eigenvalue weighted by Gasteiger charge is -2.30. The summed E-state index contributed by atoms with van der Waals surface area (Å²) in [5, 5.41) is 22.6. The van der Waals surface area contributed by atoms with E-state index >= 15 is 0 Å². The van der Waals surface area contributed by atoms with Crippen LogP contribution < -0.4 is 0 Å². The molecule has 4 rings (SSSR count). The Morgan fingerprint density at radius 2 is 1.68 bits per heavy atom. The maximum Gasteiger partial charge on any atom is 0.339 e. The van der Waals surface area contributed by atoms with Crippen molar-refractivity contribution < 1.29 is 38.0 Å². The SMILES string of the molecule is O=C(OCCN1CCOCC1)c1cc([N+](=O)[O-])ccc1C(=O)OC1(c2ccc(F)c([N+](=O)[O-])c2)CCCC1. The summed E-state index contributed by atoms with van der Waals surface area (Å²) in [5.74, 6) is -2.89. The molecule has 0 amide bonds. The minimum Gasteiger partial charge on any atom is -0.461 e. The van der Waals surface area contributed by atoms with Crippen LogP contribution in [0.15, 0.2) is 36.4 Å². The number of nitro groups is 2. The molecule has 1 aliphatic heterocycles. The third kappa shape index (κ3) is 5.94. The first-order chi connectivity index (χ1) is 18.2. The van der Waals surface area contributed by atoms with Gasteiger partial charge < -0.3 is 14.2 Å². The lowest BCUT2D eigenvalue weighted by molar-refractivity contribution is -0.387. The van der Waals surface area contributed by atoms with E-state index < -0.39 is 44.6 Å². The molecule has 0 radical (unpaired) electrons. The van der Waals surface area contributed by atoms with Crippen molar-refractivity contribution in [2.75, 3.05) is 39.5 Å². The van der Waals surface area contributed by atoms with E-state index in [1.165, 1.54) is 6.07 Å². The van der Waals surface area contributed by atoms with Crippen LogP contribution in [0.4, 0.5) is 15.8 Å². The van der Waals surface area contributed by atoms with Gasteiger partial charge in [0.25, 0.3) is 5.69 Å². The fraction of sp³-hybridized carbons (Fsp3) is 0.440. The Morgan fingerprint density at radius 1 is 0.974 bits per heavy atom. The largest absolute Gasteiger partial charge is 0.461 e. The van der Waals surface area contributed by atoms with Gasteiger partial charge in [-0.15, -0.1) is 0 Å². The topological polar surface area (TPSA) is 151 Å². The van der Waals surface area contributed by atoms with Gasteiger partial charge in [-0.05, 0) is 37.8 Å². The average Bonchev–Trinajstić information content (AvgIpc) is 3.38. The molecule has 1 heterocycles. The molecule has 0 atom stereocenters. The van der Waals surface area contributed by atoms with Crippen molar-refractivity contribution in [1.29, 1.82) is 0 Å². The van der Waals surface area contributed by atoms with Crippen molar-refractivity contribution in [3.8, 4) is 0 Å². The first kappa shape index (κ1) is 27.1. The summed E-state index contributed by atoms with van der Waals surface area (Å²) in [7, 11) is 0. The monoisotopic (exact) mass is 531 g/mol.